The Morgan fingerprint density at radius 2 is 1.68 bits per heavy atom. The molecule has 1 saturated heterocycles. The van der Waals surface area contributed by atoms with E-state index in [1.807, 2.05) is 0 Å². The molecule has 0 bridgehead atoms. The highest BCUT2D eigenvalue weighted by Gasteiger charge is 2.30. The topological polar surface area (TPSA) is 26.0 Å². The number of rotatable bonds is 2. The van der Waals surface area contributed by atoms with Gasteiger partial charge < -0.3 is 5.73 Å². The number of hydrogen-bond acceptors (Lipinski definition) is 3. The maximum Gasteiger partial charge on any atom is 0.0426 e. The van der Waals surface area contributed by atoms with Crippen molar-refractivity contribution < 1.29 is 0 Å². The van der Waals surface area contributed by atoms with Crippen molar-refractivity contribution in [1.29, 1.82) is 0 Å². The second kappa shape index (κ2) is 6.11. The van der Waals surface area contributed by atoms with E-state index in [9.17, 15) is 0 Å². The minimum absolute atomic E-state index is 0.159. The van der Waals surface area contributed by atoms with Crippen LogP contribution < -0.4 is 5.73 Å². The van der Waals surface area contributed by atoms with E-state index in [4.69, 9.17) is 5.73 Å². The summed E-state index contributed by atoms with van der Waals surface area (Å²) in [5.74, 6) is 1.17. The van der Waals surface area contributed by atoms with Gasteiger partial charge in [0, 0.05) is 27.5 Å². The van der Waals surface area contributed by atoms with Crippen LogP contribution in [-0.2, 0) is 0 Å². The third kappa shape index (κ3) is 3.32. The molecule has 0 spiro atoms. The molecule has 4 unspecified atom stereocenters. The first kappa shape index (κ1) is 15.3. The van der Waals surface area contributed by atoms with E-state index in [2.05, 4.69) is 70.3 Å². The van der Waals surface area contributed by atoms with Crippen LogP contribution in [0.1, 0.15) is 42.1 Å². The minimum atomic E-state index is 0.159. The van der Waals surface area contributed by atoms with Gasteiger partial charge in [0.2, 0.25) is 0 Å². The number of aryl methyl sites for hydroxylation is 3. The monoisotopic (exact) mass is 295 g/mol. The van der Waals surface area contributed by atoms with E-state index in [1.54, 1.807) is 0 Å². The third-order valence-electron chi connectivity index (χ3n) is 4.22. The molecule has 1 nitrogen and oxygen atoms in total. The zero-order valence-electron chi connectivity index (χ0n) is 12.6. The largest absolute Gasteiger partial charge is 0.323 e. The lowest BCUT2D eigenvalue weighted by molar-refractivity contribution is 0.702. The predicted molar refractivity (Wildman–Crippen MR) is 90.3 cm³/mol. The van der Waals surface area contributed by atoms with Crippen molar-refractivity contribution in [3.05, 3.63) is 34.4 Å². The fourth-order valence-electron chi connectivity index (χ4n) is 2.54. The zero-order valence-corrected chi connectivity index (χ0v) is 14.2. The van der Waals surface area contributed by atoms with Gasteiger partial charge >= 0.3 is 0 Å². The Hall–Kier alpha value is -0.120. The molecule has 0 radical (unpaired) electrons. The number of nitrogens with two attached hydrogens (primary N) is 1. The van der Waals surface area contributed by atoms with Gasteiger partial charge in [-0.2, -0.15) is 23.5 Å². The highest BCUT2D eigenvalue weighted by atomic mass is 32.2. The molecule has 1 fully saturated rings. The SMILES string of the molecule is Cc1cc(C)c(C(N)C2CSC(C)C(C)S2)cc1C. The summed E-state index contributed by atoms with van der Waals surface area (Å²) < 4.78 is 0. The Morgan fingerprint density at radius 3 is 2.32 bits per heavy atom. The smallest absolute Gasteiger partial charge is 0.0426 e. The summed E-state index contributed by atoms with van der Waals surface area (Å²) >= 11 is 4.14. The highest BCUT2D eigenvalue weighted by Crippen LogP contribution is 2.40. The zero-order chi connectivity index (χ0) is 14.2. The number of hydrogen-bond donors (Lipinski definition) is 1. The van der Waals surface area contributed by atoms with Crippen molar-refractivity contribution in [2.75, 3.05) is 5.75 Å². The highest BCUT2D eigenvalue weighted by molar-refractivity contribution is 8.07. The molecule has 1 aromatic rings. The molecule has 1 heterocycles. The van der Waals surface area contributed by atoms with Crippen LogP contribution in [0.3, 0.4) is 0 Å². The standard InChI is InChI=1S/C16H25NS2/c1-9-6-11(3)14(7-10(9)2)16(17)15-8-18-12(4)13(5)19-15/h6-7,12-13,15-16H,8,17H2,1-5H3. The van der Waals surface area contributed by atoms with Gasteiger partial charge in [-0.3, -0.25) is 0 Å². The van der Waals surface area contributed by atoms with Gasteiger partial charge in [-0.25, -0.2) is 0 Å². The van der Waals surface area contributed by atoms with Gasteiger partial charge in [0.25, 0.3) is 0 Å². The van der Waals surface area contributed by atoms with Crippen LogP contribution in [-0.4, -0.2) is 21.5 Å². The number of thioether (sulfide) groups is 2. The summed E-state index contributed by atoms with van der Waals surface area (Å²) in [6, 6.07) is 4.73. The molecular formula is C16H25NS2. The molecule has 0 aromatic heterocycles. The summed E-state index contributed by atoms with van der Waals surface area (Å²) in [6.45, 7) is 11.2. The van der Waals surface area contributed by atoms with E-state index < -0.39 is 0 Å². The Bertz CT molecular complexity index is 458. The van der Waals surface area contributed by atoms with Gasteiger partial charge in [0.15, 0.2) is 0 Å². The van der Waals surface area contributed by atoms with Crippen LogP contribution in [0.15, 0.2) is 12.1 Å². The molecule has 2 N–H and O–H groups in total. The van der Waals surface area contributed by atoms with Gasteiger partial charge in [-0.1, -0.05) is 26.0 Å². The fourth-order valence-corrected chi connectivity index (χ4v) is 5.58. The van der Waals surface area contributed by atoms with Crippen molar-refractivity contribution in [2.24, 2.45) is 5.73 Å². The van der Waals surface area contributed by atoms with Crippen molar-refractivity contribution >= 4 is 23.5 Å². The average molecular weight is 296 g/mol. The van der Waals surface area contributed by atoms with E-state index in [1.165, 1.54) is 28.0 Å². The summed E-state index contributed by atoms with van der Waals surface area (Å²) in [7, 11) is 0. The van der Waals surface area contributed by atoms with Crippen LogP contribution in [0.25, 0.3) is 0 Å². The summed E-state index contributed by atoms with van der Waals surface area (Å²) in [4.78, 5) is 0. The Kier molecular flexibility index (Phi) is 4.91. The van der Waals surface area contributed by atoms with Crippen molar-refractivity contribution in [3.8, 4) is 0 Å². The molecule has 2 rings (SSSR count). The Morgan fingerprint density at radius 1 is 1.05 bits per heavy atom. The van der Waals surface area contributed by atoms with Gasteiger partial charge in [-0.05, 0) is 43.0 Å². The van der Waals surface area contributed by atoms with Crippen LogP contribution in [0, 0.1) is 20.8 Å². The molecule has 19 heavy (non-hydrogen) atoms. The first-order valence-electron chi connectivity index (χ1n) is 7.00. The van der Waals surface area contributed by atoms with Gasteiger partial charge in [-0.15, -0.1) is 0 Å². The van der Waals surface area contributed by atoms with E-state index in [0.717, 1.165) is 5.25 Å². The molecule has 3 heteroatoms. The van der Waals surface area contributed by atoms with Crippen LogP contribution in [0.5, 0.6) is 0 Å². The summed E-state index contributed by atoms with van der Waals surface area (Å²) in [5, 5.41) is 1.98. The van der Waals surface area contributed by atoms with E-state index in [-0.39, 0.29) is 6.04 Å². The molecule has 106 valence electrons. The van der Waals surface area contributed by atoms with Crippen LogP contribution in [0.4, 0.5) is 0 Å². The number of benzene rings is 1. The Labute approximate surface area is 126 Å². The fraction of sp³-hybridized carbons (Fsp3) is 0.625. The normalized spacial score (nSPS) is 29.3. The molecule has 0 amide bonds. The minimum Gasteiger partial charge on any atom is -0.323 e. The van der Waals surface area contributed by atoms with Crippen molar-refractivity contribution in [1.82, 2.24) is 0 Å². The predicted octanol–water partition coefficient (Wildman–Crippen LogP) is 4.24. The van der Waals surface area contributed by atoms with Gasteiger partial charge in [0.1, 0.15) is 0 Å². The molecule has 1 aliphatic heterocycles. The average Bonchev–Trinajstić information content (AvgIpc) is 2.36. The quantitative estimate of drug-likeness (QED) is 0.884. The molecule has 0 aliphatic carbocycles. The van der Waals surface area contributed by atoms with E-state index in [0.29, 0.717) is 10.5 Å². The lowest BCUT2D eigenvalue weighted by Crippen LogP contribution is -2.34. The lowest BCUT2D eigenvalue weighted by Gasteiger charge is -2.35. The third-order valence-corrected chi connectivity index (χ3v) is 7.73. The summed E-state index contributed by atoms with van der Waals surface area (Å²) in [6.07, 6.45) is 0. The van der Waals surface area contributed by atoms with Crippen molar-refractivity contribution in [2.45, 2.75) is 56.4 Å². The van der Waals surface area contributed by atoms with Crippen LogP contribution in [0.2, 0.25) is 0 Å². The maximum absolute atomic E-state index is 6.56. The first-order chi connectivity index (χ1) is 8.90. The van der Waals surface area contributed by atoms with E-state index >= 15 is 0 Å². The second-order valence-corrected chi connectivity index (χ2v) is 8.77. The molecule has 1 aromatic carbocycles. The molecule has 1 aliphatic rings. The molecule has 0 saturated carbocycles. The Balaban J connectivity index is 2.20. The van der Waals surface area contributed by atoms with Crippen LogP contribution >= 0.6 is 23.5 Å². The molecule has 4 atom stereocenters. The van der Waals surface area contributed by atoms with Crippen molar-refractivity contribution in [3.63, 3.8) is 0 Å². The lowest BCUT2D eigenvalue weighted by atomic mass is 9.95. The first-order valence-corrected chi connectivity index (χ1v) is 8.99. The second-order valence-electron chi connectivity index (χ2n) is 5.74. The molecular weight excluding hydrogens is 270 g/mol. The maximum atomic E-state index is 6.56. The summed E-state index contributed by atoms with van der Waals surface area (Å²) in [5.41, 5.74) is 12.0. The van der Waals surface area contributed by atoms with Gasteiger partial charge in [0.05, 0.1) is 0 Å².